The highest BCUT2D eigenvalue weighted by Gasteiger charge is 2.54. The molecule has 168 valence electrons. The van der Waals surface area contributed by atoms with Gasteiger partial charge < -0.3 is 9.31 Å². The topological polar surface area (TPSA) is 79.6 Å². The Hall–Kier alpha value is -1.66. The van der Waals surface area contributed by atoms with Gasteiger partial charge in [0.2, 0.25) is 10.0 Å². The third-order valence-corrected chi connectivity index (χ3v) is 8.63. The molecule has 0 N–H and O–H groups in total. The summed E-state index contributed by atoms with van der Waals surface area (Å²) >= 11 is 0. The number of unbranched alkanes of at least 4 members (excludes halogenated alkanes) is 1. The highest BCUT2D eigenvalue weighted by Crippen LogP contribution is 2.44. The lowest BCUT2D eigenvalue weighted by atomic mass is 9.64. The Morgan fingerprint density at radius 1 is 1.16 bits per heavy atom. The van der Waals surface area contributed by atoms with Crippen molar-refractivity contribution in [1.29, 1.82) is 5.26 Å². The first-order chi connectivity index (χ1) is 14.5. The molecular formula is C23H33BN2O4S. The van der Waals surface area contributed by atoms with Crippen LogP contribution in [0.2, 0.25) is 5.82 Å². The van der Waals surface area contributed by atoms with Crippen LogP contribution < -0.4 is 0 Å². The van der Waals surface area contributed by atoms with Crippen LogP contribution in [0.5, 0.6) is 0 Å². The molecule has 1 fully saturated rings. The Morgan fingerprint density at radius 2 is 1.77 bits per heavy atom. The minimum atomic E-state index is -3.52. The largest absolute Gasteiger partial charge is 0.465 e. The predicted octanol–water partition coefficient (Wildman–Crippen LogP) is 4.47. The number of aryl methyl sites for hydroxylation is 1. The lowest BCUT2D eigenvalue weighted by Crippen LogP contribution is -2.41. The van der Waals surface area contributed by atoms with Gasteiger partial charge in [0.05, 0.1) is 22.2 Å². The SMILES string of the molecule is Cc1ccc(S(=O)(=O)N2CC=C([C@@H](CCCC#N)B3OC(C)(C)C(C)(C)O3)CC2)cc1. The average molecular weight is 444 g/mol. The van der Waals surface area contributed by atoms with Gasteiger partial charge in [-0.05, 0) is 66.0 Å². The van der Waals surface area contributed by atoms with Crippen LogP contribution in [0.3, 0.4) is 0 Å². The zero-order chi connectivity index (χ0) is 22.9. The molecule has 6 nitrogen and oxygen atoms in total. The second kappa shape index (κ2) is 9.07. The summed E-state index contributed by atoms with van der Waals surface area (Å²) in [6, 6.07) is 9.18. The summed E-state index contributed by atoms with van der Waals surface area (Å²) in [5.41, 5.74) is 1.33. The van der Waals surface area contributed by atoms with Gasteiger partial charge in [-0.15, -0.1) is 0 Å². The van der Waals surface area contributed by atoms with E-state index in [1.807, 2.05) is 52.8 Å². The fourth-order valence-electron chi connectivity index (χ4n) is 4.03. The van der Waals surface area contributed by atoms with Crippen LogP contribution >= 0.6 is 0 Å². The standard InChI is InChI=1S/C23H33BN2O4S/c1-18-9-11-20(12-10-18)31(27,28)26-16-13-19(14-17-26)21(8-6-7-15-25)24-29-22(2,3)23(4,5)30-24/h9-13,21H,6-8,14,16-17H2,1-5H3/t21-/m1/s1. The molecule has 0 saturated carbocycles. The molecular weight excluding hydrogens is 411 g/mol. The van der Waals surface area contributed by atoms with Crippen molar-refractivity contribution in [2.45, 2.75) is 82.2 Å². The summed E-state index contributed by atoms with van der Waals surface area (Å²) in [7, 11) is -3.92. The molecule has 0 radical (unpaired) electrons. The Bertz CT molecular complexity index is 948. The van der Waals surface area contributed by atoms with Crippen molar-refractivity contribution in [3.8, 4) is 6.07 Å². The molecule has 0 bridgehead atoms. The number of sulfonamides is 1. The van der Waals surface area contributed by atoms with Gasteiger partial charge in [-0.2, -0.15) is 9.57 Å². The minimum absolute atomic E-state index is 0.0126. The summed E-state index contributed by atoms with van der Waals surface area (Å²) in [5, 5.41) is 8.97. The molecule has 0 spiro atoms. The number of benzene rings is 1. The van der Waals surface area contributed by atoms with E-state index in [2.05, 4.69) is 6.07 Å². The second-order valence-corrected chi connectivity index (χ2v) is 11.4. The van der Waals surface area contributed by atoms with E-state index in [1.165, 1.54) is 4.31 Å². The maximum absolute atomic E-state index is 13.0. The van der Waals surface area contributed by atoms with Crippen LogP contribution in [0.1, 0.15) is 58.9 Å². The lowest BCUT2D eigenvalue weighted by Gasteiger charge is -2.32. The first-order valence-corrected chi connectivity index (χ1v) is 12.4. The number of nitrogens with zero attached hydrogens (tertiary/aromatic N) is 2. The van der Waals surface area contributed by atoms with Crippen molar-refractivity contribution < 1.29 is 17.7 Å². The van der Waals surface area contributed by atoms with E-state index in [0.717, 1.165) is 24.0 Å². The molecule has 0 unspecified atom stereocenters. The Morgan fingerprint density at radius 3 is 2.29 bits per heavy atom. The third kappa shape index (κ3) is 5.06. The van der Waals surface area contributed by atoms with E-state index in [9.17, 15) is 8.42 Å². The number of hydrogen-bond acceptors (Lipinski definition) is 5. The number of rotatable bonds is 7. The number of hydrogen-bond donors (Lipinski definition) is 0. The Balaban J connectivity index is 1.78. The van der Waals surface area contributed by atoms with Crippen molar-refractivity contribution in [2.24, 2.45) is 0 Å². The van der Waals surface area contributed by atoms with Crippen LogP contribution in [0.4, 0.5) is 0 Å². The fraction of sp³-hybridized carbons (Fsp3) is 0.609. The second-order valence-electron chi connectivity index (χ2n) is 9.49. The van der Waals surface area contributed by atoms with E-state index in [-0.39, 0.29) is 5.82 Å². The monoisotopic (exact) mass is 444 g/mol. The van der Waals surface area contributed by atoms with Crippen molar-refractivity contribution in [2.75, 3.05) is 13.1 Å². The maximum atomic E-state index is 13.0. The Kier molecular flexibility index (Phi) is 7.02. The van der Waals surface area contributed by atoms with Crippen LogP contribution in [-0.4, -0.2) is 44.1 Å². The maximum Gasteiger partial charge on any atom is 0.465 e. The molecule has 0 amide bonds. The summed E-state index contributed by atoms with van der Waals surface area (Å²) in [5.74, 6) is 0.0126. The third-order valence-electron chi connectivity index (χ3n) is 6.75. The van der Waals surface area contributed by atoms with E-state index in [0.29, 0.717) is 30.8 Å². The molecule has 1 aromatic carbocycles. The molecule has 2 aliphatic rings. The van der Waals surface area contributed by atoms with Crippen molar-refractivity contribution in [3.05, 3.63) is 41.5 Å². The lowest BCUT2D eigenvalue weighted by molar-refractivity contribution is 0.00578. The number of nitriles is 1. The van der Waals surface area contributed by atoms with Crippen molar-refractivity contribution in [3.63, 3.8) is 0 Å². The predicted molar refractivity (Wildman–Crippen MR) is 122 cm³/mol. The van der Waals surface area contributed by atoms with E-state index in [1.54, 1.807) is 12.1 Å². The highest BCUT2D eigenvalue weighted by atomic mass is 32.2. The molecule has 1 atom stereocenters. The van der Waals surface area contributed by atoms with E-state index < -0.39 is 28.3 Å². The van der Waals surface area contributed by atoms with Crippen LogP contribution in [0.15, 0.2) is 40.8 Å². The summed E-state index contributed by atoms with van der Waals surface area (Å²) in [6.07, 6.45) is 4.66. The van der Waals surface area contributed by atoms with Crippen LogP contribution in [-0.2, 0) is 19.3 Å². The zero-order valence-electron chi connectivity index (χ0n) is 19.2. The smallest absolute Gasteiger partial charge is 0.403 e. The van der Waals surface area contributed by atoms with Crippen molar-refractivity contribution >= 4 is 17.1 Å². The van der Waals surface area contributed by atoms with Gasteiger partial charge >= 0.3 is 7.12 Å². The van der Waals surface area contributed by atoms with Crippen molar-refractivity contribution in [1.82, 2.24) is 4.31 Å². The average Bonchev–Trinajstić information content (AvgIpc) is 2.92. The van der Waals surface area contributed by atoms with Gasteiger partial charge in [-0.3, -0.25) is 0 Å². The van der Waals surface area contributed by atoms with Gasteiger partial charge in [0, 0.05) is 25.3 Å². The molecule has 2 aliphatic heterocycles. The van der Waals surface area contributed by atoms with Gasteiger partial charge in [0.15, 0.2) is 0 Å². The van der Waals surface area contributed by atoms with Crippen LogP contribution in [0.25, 0.3) is 0 Å². The van der Waals surface area contributed by atoms with Gasteiger partial charge in [-0.1, -0.05) is 29.3 Å². The van der Waals surface area contributed by atoms with Gasteiger partial charge in [0.1, 0.15) is 0 Å². The van der Waals surface area contributed by atoms with Crippen LogP contribution in [0, 0.1) is 18.3 Å². The Labute approximate surface area is 187 Å². The fourth-order valence-corrected chi connectivity index (χ4v) is 5.41. The molecule has 3 rings (SSSR count). The molecule has 31 heavy (non-hydrogen) atoms. The molecule has 1 aromatic rings. The zero-order valence-corrected chi connectivity index (χ0v) is 20.0. The summed E-state index contributed by atoms with van der Waals surface area (Å²) < 4.78 is 40.2. The van der Waals surface area contributed by atoms with E-state index >= 15 is 0 Å². The molecule has 1 saturated heterocycles. The molecule has 8 heteroatoms. The quantitative estimate of drug-likeness (QED) is 0.352. The van der Waals surface area contributed by atoms with Gasteiger partial charge in [0.25, 0.3) is 0 Å². The summed E-state index contributed by atoms with van der Waals surface area (Å²) in [6.45, 7) is 10.8. The molecule has 2 heterocycles. The first-order valence-electron chi connectivity index (χ1n) is 11.0. The summed E-state index contributed by atoms with van der Waals surface area (Å²) in [4.78, 5) is 0.325. The molecule has 0 aliphatic carbocycles. The highest BCUT2D eigenvalue weighted by molar-refractivity contribution is 7.89. The first kappa shape index (κ1) is 24.0. The van der Waals surface area contributed by atoms with E-state index in [4.69, 9.17) is 14.6 Å². The normalized spacial score (nSPS) is 22.1. The molecule has 0 aromatic heterocycles. The van der Waals surface area contributed by atoms with Gasteiger partial charge in [-0.25, -0.2) is 8.42 Å². The minimum Gasteiger partial charge on any atom is -0.403 e.